The van der Waals surface area contributed by atoms with Gasteiger partial charge in [0, 0.05) is 30.7 Å². The number of fused-ring (bicyclic) bond motifs is 1. The first kappa shape index (κ1) is 11.6. The molecule has 0 atom stereocenters. The van der Waals surface area contributed by atoms with Crippen LogP contribution < -0.4 is 10.2 Å². The highest BCUT2D eigenvalue weighted by molar-refractivity contribution is 6.05. The molecule has 96 valence electrons. The Morgan fingerprint density at radius 2 is 2.11 bits per heavy atom. The molecule has 5 nitrogen and oxygen atoms in total. The zero-order valence-corrected chi connectivity index (χ0v) is 10.3. The molecule has 5 heteroatoms. The van der Waals surface area contributed by atoms with Crippen LogP contribution in [0.15, 0.2) is 36.7 Å². The molecular weight excluding hydrogens is 242 g/mol. The van der Waals surface area contributed by atoms with Crippen LogP contribution in [0, 0.1) is 0 Å². The van der Waals surface area contributed by atoms with Crippen molar-refractivity contribution in [2.45, 2.75) is 6.42 Å². The number of hydrogen-bond donors (Lipinski definition) is 1. The Morgan fingerprint density at radius 3 is 3.00 bits per heavy atom. The fraction of sp³-hybridized carbons (Fsp3) is 0.214. The van der Waals surface area contributed by atoms with Crippen molar-refractivity contribution in [2.75, 3.05) is 18.0 Å². The number of anilines is 1. The first-order valence-electron chi connectivity index (χ1n) is 6.15. The zero-order chi connectivity index (χ0) is 13.2. The Hall–Kier alpha value is -2.43. The first-order valence-corrected chi connectivity index (χ1v) is 6.15. The standard InChI is InChI=1S/C14H13N3O2/c18-13-5-7-17(14(19)9-16-13)12-3-1-2-10-4-6-15-8-11(10)12/h1-4,6,8H,5,7,9H2,(H,16,18). The lowest BCUT2D eigenvalue weighted by Gasteiger charge is -2.21. The Morgan fingerprint density at radius 1 is 1.21 bits per heavy atom. The van der Waals surface area contributed by atoms with E-state index in [1.807, 2.05) is 24.3 Å². The number of rotatable bonds is 1. The van der Waals surface area contributed by atoms with Gasteiger partial charge in [0.25, 0.3) is 0 Å². The summed E-state index contributed by atoms with van der Waals surface area (Å²) in [6.45, 7) is 0.453. The number of nitrogens with zero attached hydrogens (tertiary/aromatic N) is 2. The number of aromatic nitrogens is 1. The molecule has 3 rings (SSSR count). The van der Waals surface area contributed by atoms with Gasteiger partial charge in [0.2, 0.25) is 11.8 Å². The second-order valence-electron chi connectivity index (χ2n) is 4.45. The number of carbonyl (C=O) groups is 2. The molecule has 1 aromatic heterocycles. The lowest BCUT2D eigenvalue weighted by atomic mass is 10.1. The van der Waals surface area contributed by atoms with Gasteiger partial charge in [-0.25, -0.2) is 0 Å². The average molecular weight is 255 g/mol. The molecule has 2 aromatic rings. The summed E-state index contributed by atoms with van der Waals surface area (Å²) < 4.78 is 0. The number of amides is 2. The van der Waals surface area contributed by atoms with Crippen LogP contribution in [0.1, 0.15) is 6.42 Å². The van der Waals surface area contributed by atoms with E-state index in [1.165, 1.54) is 0 Å². The van der Waals surface area contributed by atoms with Crippen molar-refractivity contribution in [3.63, 3.8) is 0 Å². The lowest BCUT2D eigenvalue weighted by Crippen LogP contribution is -2.35. The van der Waals surface area contributed by atoms with E-state index in [4.69, 9.17) is 0 Å². The van der Waals surface area contributed by atoms with Crippen molar-refractivity contribution in [3.8, 4) is 0 Å². The Labute approximate surface area is 110 Å². The number of nitrogens with one attached hydrogen (secondary N) is 1. The van der Waals surface area contributed by atoms with E-state index in [2.05, 4.69) is 10.3 Å². The summed E-state index contributed by atoms with van der Waals surface area (Å²) in [4.78, 5) is 29.2. The average Bonchev–Trinajstić information content (AvgIpc) is 2.61. The van der Waals surface area contributed by atoms with Crippen molar-refractivity contribution >= 4 is 28.3 Å². The maximum atomic E-state index is 12.1. The molecule has 1 aliphatic rings. The second kappa shape index (κ2) is 4.68. The zero-order valence-electron chi connectivity index (χ0n) is 10.3. The summed E-state index contributed by atoms with van der Waals surface area (Å²) in [6.07, 6.45) is 3.79. The third-order valence-corrected chi connectivity index (χ3v) is 3.25. The Bertz CT molecular complexity index is 649. The van der Waals surface area contributed by atoms with Crippen molar-refractivity contribution in [3.05, 3.63) is 36.7 Å². The highest BCUT2D eigenvalue weighted by Gasteiger charge is 2.22. The summed E-state index contributed by atoms with van der Waals surface area (Å²) in [5.74, 6) is -0.184. The van der Waals surface area contributed by atoms with Crippen molar-refractivity contribution in [1.82, 2.24) is 10.3 Å². The van der Waals surface area contributed by atoms with Gasteiger partial charge in [-0.15, -0.1) is 0 Å². The highest BCUT2D eigenvalue weighted by Crippen LogP contribution is 2.26. The van der Waals surface area contributed by atoms with E-state index in [-0.39, 0.29) is 18.4 Å². The first-order chi connectivity index (χ1) is 9.25. The van der Waals surface area contributed by atoms with E-state index in [0.717, 1.165) is 16.5 Å². The quantitative estimate of drug-likeness (QED) is 0.829. The van der Waals surface area contributed by atoms with Crippen molar-refractivity contribution in [1.29, 1.82) is 0 Å². The summed E-state index contributed by atoms with van der Waals surface area (Å²) in [5.41, 5.74) is 0.812. The number of carbonyl (C=O) groups excluding carboxylic acids is 2. The molecule has 19 heavy (non-hydrogen) atoms. The Balaban J connectivity index is 2.08. The minimum absolute atomic E-state index is 0.0511. The van der Waals surface area contributed by atoms with Crippen LogP contribution in [0.3, 0.4) is 0 Å². The smallest absolute Gasteiger partial charge is 0.246 e. The maximum absolute atomic E-state index is 12.1. The van der Waals surface area contributed by atoms with Gasteiger partial charge < -0.3 is 10.2 Å². The minimum atomic E-state index is -0.0952. The van der Waals surface area contributed by atoms with Crippen molar-refractivity contribution < 1.29 is 9.59 Å². The number of hydrogen-bond acceptors (Lipinski definition) is 3. The van der Waals surface area contributed by atoms with Gasteiger partial charge in [0.15, 0.2) is 0 Å². The maximum Gasteiger partial charge on any atom is 0.246 e. The Kier molecular flexibility index (Phi) is 2.87. The summed E-state index contributed by atoms with van der Waals surface area (Å²) in [6, 6.07) is 7.68. The molecule has 1 aliphatic heterocycles. The molecule has 1 saturated heterocycles. The van der Waals surface area contributed by atoms with Crippen LogP contribution >= 0.6 is 0 Å². The van der Waals surface area contributed by atoms with Crippen LogP contribution in [-0.2, 0) is 9.59 Å². The third-order valence-electron chi connectivity index (χ3n) is 3.25. The number of benzene rings is 1. The van der Waals surface area contributed by atoms with Gasteiger partial charge >= 0.3 is 0 Å². The topological polar surface area (TPSA) is 62.3 Å². The van der Waals surface area contributed by atoms with E-state index < -0.39 is 0 Å². The van der Waals surface area contributed by atoms with E-state index in [0.29, 0.717) is 13.0 Å². The highest BCUT2D eigenvalue weighted by atomic mass is 16.2. The van der Waals surface area contributed by atoms with Gasteiger partial charge in [-0.3, -0.25) is 14.6 Å². The fourth-order valence-corrected chi connectivity index (χ4v) is 2.28. The van der Waals surface area contributed by atoms with Gasteiger partial charge in [0.1, 0.15) is 0 Å². The lowest BCUT2D eigenvalue weighted by molar-refractivity contribution is -0.123. The molecule has 0 saturated carbocycles. The van der Waals surface area contributed by atoms with Crippen molar-refractivity contribution in [2.24, 2.45) is 0 Å². The predicted molar refractivity (Wildman–Crippen MR) is 71.7 cm³/mol. The summed E-state index contributed by atoms with van der Waals surface area (Å²) in [5, 5.41) is 4.55. The molecule has 1 fully saturated rings. The predicted octanol–water partition coefficient (Wildman–Crippen LogP) is 1.09. The monoisotopic (exact) mass is 255 g/mol. The minimum Gasteiger partial charge on any atom is -0.347 e. The molecule has 0 spiro atoms. The normalized spacial score (nSPS) is 16.3. The van der Waals surface area contributed by atoms with E-state index >= 15 is 0 Å². The molecule has 2 heterocycles. The number of pyridine rings is 1. The molecule has 2 amide bonds. The molecule has 1 N–H and O–H groups in total. The molecule has 0 radical (unpaired) electrons. The molecular formula is C14H13N3O2. The van der Waals surface area contributed by atoms with E-state index in [9.17, 15) is 9.59 Å². The molecule has 0 unspecified atom stereocenters. The van der Waals surface area contributed by atoms with Gasteiger partial charge in [-0.1, -0.05) is 12.1 Å². The third kappa shape index (κ3) is 2.14. The van der Waals surface area contributed by atoms with Gasteiger partial charge in [-0.2, -0.15) is 0 Å². The largest absolute Gasteiger partial charge is 0.347 e. The fourth-order valence-electron chi connectivity index (χ4n) is 2.28. The summed E-state index contributed by atoms with van der Waals surface area (Å²) in [7, 11) is 0. The molecule has 0 bridgehead atoms. The molecule has 1 aromatic carbocycles. The van der Waals surface area contributed by atoms with Gasteiger partial charge in [-0.05, 0) is 17.5 Å². The summed E-state index contributed by atoms with van der Waals surface area (Å²) >= 11 is 0. The van der Waals surface area contributed by atoms with Crippen LogP contribution in [0.25, 0.3) is 10.8 Å². The van der Waals surface area contributed by atoms with Crippen LogP contribution in [-0.4, -0.2) is 29.9 Å². The van der Waals surface area contributed by atoms with Crippen LogP contribution in [0.5, 0.6) is 0 Å². The van der Waals surface area contributed by atoms with Crippen LogP contribution in [0.4, 0.5) is 5.69 Å². The van der Waals surface area contributed by atoms with E-state index in [1.54, 1.807) is 17.3 Å². The second-order valence-corrected chi connectivity index (χ2v) is 4.45. The molecule has 0 aliphatic carbocycles. The SMILES string of the molecule is O=C1CCN(c2cccc3ccncc23)C(=O)CN1. The van der Waals surface area contributed by atoms with Crippen LogP contribution in [0.2, 0.25) is 0 Å². The van der Waals surface area contributed by atoms with Gasteiger partial charge in [0.05, 0.1) is 12.2 Å².